The van der Waals surface area contributed by atoms with Crippen molar-refractivity contribution in [2.24, 2.45) is 5.73 Å². The van der Waals surface area contributed by atoms with Gasteiger partial charge in [0.15, 0.2) is 0 Å². The average molecular weight is 584 g/mol. The number of rotatable bonds is 30. The zero-order valence-electron chi connectivity index (χ0n) is 28.4. The van der Waals surface area contributed by atoms with E-state index in [2.05, 4.69) is 38.0 Å². The first kappa shape index (κ1) is 38.8. The van der Waals surface area contributed by atoms with Crippen LogP contribution in [0, 0.1) is 0 Å². The van der Waals surface area contributed by atoms with Crippen LogP contribution < -0.4 is 11.1 Å². The maximum atomic E-state index is 6.40. The molecule has 246 valence electrons. The average Bonchev–Trinajstić information content (AvgIpc) is 2.98. The third kappa shape index (κ3) is 20.4. The standard InChI is InChI=1S/C35H75N4O2/c1-5-7-9-11-13-15-17-19-22-34(3)40-32-28-38(27-21-24-36)39(29-25-37-26-30-39)31-33-41-35(4)23-20-18-16-14-12-10-8-6-2/h34-35,37H,5-33,36H2,1-4H3/q+1. The molecule has 1 rings (SSSR count). The molecule has 6 heteroatoms. The Morgan fingerprint density at radius 2 is 1.10 bits per heavy atom. The molecule has 6 nitrogen and oxygen atoms in total. The Balaban J connectivity index is 2.38. The summed E-state index contributed by atoms with van der Waals surface area (Å²) in [5, 5.41) is 6.26. The van der Waals surface area contributed by atoms with E-state index >= 15 is 0 Å². The van der Waals surface area contributed by atoms with Crippen LogP contribution in [-0.4, -0.2) is 87.4 Å². The second-order valence-electron chi connectivity index (χ2n) is 13.0. The molecule has 1 aliphatic heterocycles. The van der Waals surface area contributed by atoms with Gasteiger partial charge in [-0.05, 0) is 39.7 Å². The Morgan fingerprint density at radius 3 is 1.59 bits per heavy atom. The summed E-state index contributed by atoms with van der Waals surface area (Å²) in [6.07, 6.45) is 26.1. The summed E-state index contributed by atoms with van der Waals surface area (Å²) in [4.78, 5) is 0. The van der Waals surface area contributed by atoms with Crippen molar-refractivity contribution in [2.75, 3.05) is 65.6 Å². The van der Waals surface area contributed by atoms with E-state index in [4.69, 9.17) is 15.2 Å². The first-order chi connectivity index (χ1) is 20.1. The largest absolute Gasteiger partial charge is 0.377 e. The lowest BCUT2D eigenvalue weighted by Gasteiger charge is -2.48. The van der Waals surface area contributed by atoms with Crippen molar-refractivity contribution in [3.05, 3.63) is 0 Å². The molecule has 2 atom stereocenters. The highest BCUT2D eigenvalue weighted by Crippen LogP contribution is 2.18. The number of quaternary nitrogens is 1. The second-order valence-corrected chi connectivity index (χ2v) is 13.0. The number of nitrogens with zero attached hydrogens (tertiary/aromatic N) is 2. The van der Waals surface area contributed by atoms with Crippen LogP contribution in [0.2, 0.25) is 0 Å². The number of piperazine rings is 1. The van der Waals surface area contributed by atoms with Gasteiger partial charge in [-0.15, -0.1) is 0 Å². The minimum Gasteiger partial charge on any atom is -0.377 e. The molecule has 2 unspecified atom stereocenters. The van der Waals surface area contributed by atoms with Gasteiger partial charge in [0.05, 0.1) is 32.0 Å². The van der Waals surface area contributed by atoms with Crippen LogP contribution in [0.1, 0.15) is 150 Å². The molecule has 1 fully saturated rings. The van der Waals surface area contributed by atoms with E-state index < -0.39 is 0 Å². The molecular weight excluding hydrogens is 508 g/mol. The Kier molecular flexibility index (Phi) is 25.8. The summed E-state index contributed by atoms with van der Waals surface area (Å²) in [6.45, 7) is 19.0. The Labute approximate surface area is 257 Å². The van der Waals surface area contributed by atoms with Crippen LogP contribution in [0.15, 0.2) is 0 Å². The summed E-state index contributed by atoms with van der Waals surface area (Å²) in [6, 6.07) is 0. The lowest BCUT2D eigenvalue weighted by molar-refractivity contribution is -1.04. The highest BCUT2D eigenvalue weighted by atomic mass is 16.5. The lowest BCUT2D eigenvalue weighted by Crippen LogP contribution is -2.68. The Hall–Kier alpha value is -0.240. The maximum Gasteiger partial charge on any atom is 0.120 e. The third-order valence-corrected chi connectivity index (χ3v) is 9.22. The van der Waals surface area contributed by atoms with E-state index in [0.717, 1.165) is 76.6 Å². The molecule has 0 aromatic rings. The van der Waals surface area contributed by atoms with Crippen LogP contribution in [0.25, 0.3) is 0 Å². The molecule has 0 saturated carbocycles. The zero-order valence-corrected chi connectivity index (χ0v) is 28.4. The fraction of sp³-hybridized carbons (Fsp3) is 1.00. The van der Waals surface area contributed by atoms with E-state index in [1.54, 1.807) is 0 Å². The predicted molar refractivity (Wildman–Crippen MR) is 178 cm³/mol. The number of unbranched alkanes of at least 4 members (excludes halogenated alkanes) is 14. The highest BCUT2D eigenvalue weighted by Gasteiger charge is 2.36. The number of nitrogens with one attached hydrogen (secondary N) is 1. The molecule has 0 amide bonds. The zero-order chi connectivity index (χ0) is 29.9. The first-order valence-corrected chi connectivity index (χ1v) is 18.3. The summed E-state index contributed by atoms with van der Waals surface area (Å²) in [7, 11) is 0. The van der Waals surface area contributed by atoms with Gasteiger partial charge in [-0.2, -0.15) is 5.01 Å². The van der Waals surface area contributed by atoms with E-state index in [-0.39, 0.29) is 0 Å². The molecule has 0 radical (unpaired) electrons. The Bertz CT molecular complexity index is 544. The van der Waals surface area contributed by atoms with Crippen molar-refractivity contribution < 1.29 is 14.1 Å². The molecular formula is C35H75N4O2+. The van der Waals surface area contributed by atoms with E-state index in [9.17, 15) is 0 Å². The van der Waals surface area contributed by atoms with Gasteiger partial charge in [0, 0.05) is 19.6 Å². The normalized spacial score (nSPS) is 16.8. The van der Waals surface area contributed by atoms with Gasteiger partial charge in [0.2, 0.25) is 0 Å². The second kappa shape index (κ2) is 27.3. The van der Waals surface area contributed by atoms with Gasteiger partial charge in [0.1, 0.15) is 19.6 Å². The van der Waals surface area contributed by atoms with Gasteiger partial charge < -0.3 is 20.5 Å². The van der Waals surface area contributed by atoms with E-state index in [0.29, 0.717) is 12.2 Å². The fourth-order valence-corrected chi connectivity index (χ4v) is 6.35. The topological polar surface area (TPSA) is 59.8 Å². The summed E-state index contributed by atoms with van der Waals surface area (Å²) >= 11 is 0. The lowest BCUT2D eigenvalue weighted by atomic mass is 10.1. The van der Waals surface area contributed by atoms with Crippen LogP contribution >= 0.6 is 0 Å². The molecule has 0 bridgehead atoms. The summed E-state index contributed by atoms with van der Waals surface area (Å²) in [5.41, 5.74) is 5.98. The van der Waals surface area contributed by atoms with Crippen LogP contribution in [0.5, 0.6) is 0 Å². The molecule has 0 spiro atoms. The van der Waals surface area contributed by atoms with Crippen molar-refractivity contribution in [1.29, 1.82) is 0 Å². The third-order valence-electron chi connectivity index (χ3n) is 9.22. The first-order valence-electron chi connectivity index (χ1n) is 18.3. The van der Waals surface area contributed by atoms with Crippen molar-refractivity contribution in [3.63, 3.8) is 0 Å². The summed E-state index contributed by atoms with van der Waals surface area (Å²) < 4.78 is 13.8. The minimum absolute atomic E-state index is 0.350. The molecule has 3 N–H and O–H groups in total. The molecule has 0 aliphatic carbocycles. The van der Waals surface area contributed by atoms with Crippen molar-refractivity contribution >= 4 is 0 Å². The van der Waals surface area contributed by atoms with Gasteiger partial charge in [-0.1, -0.05) is 117 Å². The SMILES string of the molecule is CCCCCCCCCCC(C)OCCN(CCCN)[N+]1(CCOC(C)CCCCCCCCCC)CCNCC1. The Morgan fingerprint density at radius 1 is 0.634 bits per heavy atom. The van der Waals surface area contributed by atoms with Crippen molar-refractivity contribution in [1.82, 2.24) is 10.3 Å². The smallest absolute Gasteiger partial charge is 0.120 e. The van der Waals surface area contributed by atoms with Crippen molar-refractivity contribution in [3.8, 4) is 0 Å². The van der Waals surface area contributed by atoms with E-state index in [1.807, 2.05) is 0 Å². The van der Waals surface area contributed by atoms with E-state index in [1.165, 1.54) is 116 Å². The number of hydrogen-bond donors (Lipinski definition) is 2. The van der Waals surface area contributed by atoms with Crippen molar-refractivity contribution in [2.45, 2.75) is 162 Å². The molecule has 0 aromatic carbocycles. The van der Waals surface area contributed by atoms with Gasteiger partial charge >= 0.3 is 0 Å². The van der Waals surface area contributed by atoms with Gasteiger partial charge in [0.25, 0.3) is 0 Å². The van der Waals surface area contributed by atoms with Gasteiger partial charge in [-0.25, -0.2) is 4.59 Å². The van der Waals surface area contributed by atoms with Gasteiger partial charge in [-0.3, -0.25) is 0 Å². The molecule has 0 aromatic heterocycles. The number of hydrogen-bond acceptors (Lipinski definition) is 5. The number of nitrogens with two attached hydrogens (primary N) is 1. The monoisotopic (exact) mass is 584 g/mol. The fourth-order valence-electron chi connectivity index (χ4n) is 6.35. The molecule has 1 aliphatic rings. The molecule has 1 saturated heterocycles. The van der Waals surface area contributed by atoms with Crippen LogP contribution in [0.4, 0.5) is 0 Å². The minimum atomic E-state index is 0.350. The van der Waals surface area contributed by atoms with Crippen LogP contribution in [-0.2, 0) is 9.47 Å². The highest BCUT2D eigenvalue weighted by molar-refractivity contribution is 4.62. The predicted octanol–water partition coefficient (Wildman–Crippen LogP) is 7.84. The van der Waals surface area contributed by atoms with Crippen LogP contribution in [0.3, 0.4) is 0 Å². The molecule has 41 heavy (non-hydrogen) atoms. The quantitative estimate of drug-likeness (QED) is 0.0666. The maximum absolute atomic E-state index is 6.40. The summed E-state index contributed by atoms with van der Waals surface area (Å²) in [5.74, 6) is 0. The molecule has 1 heterocycles. The number of ether oxygens (including phenoxy) is 2.